The predicted octanol–water partition coefficient (Wildman–Crippen LogP) is 2.94. The molecule has 6 nitrogen and oxygen atoms in total. The van der Waals surface area contributed by atoms with E-state index in [0.29, 0.717) is 36.9 Å². The number of hydrogen-bond donors (Lipinski definition) is 0. The van der Waals surface area contributed by atoms with Crippen molar-refractivity contribution in [1.29, 1.82) is 0 Å². The van der Waals surface area contributed by atoms with Gasteiger partial charge in [-0.3, -0.25) is 9.59 Å². The van der Waals surface area contributed by atoms with Gasteiger partial charge in [0.15, 0.2) is 11.6 Å². The summed E-state index contributed by atoms with van der Waals surface area (Å²) in [5.41, 5.74) is 2.61. The second-order valence-electron chi connectivity index (χ2n) is 7.41. The van der Waals surface area contributed by atoms with Gasteiger partial charge in [0.1, 0.15) is 5.76 Å². The Bertz CT molecular complexity index is 833. The molecule has 0 bridgehead atoms. The van der Waals surface area contributed by atoms with Crippen molar-refractivity contribution in [1.82, 2.24) is 14.8 Å². The van der Waals surface area contributed by atoms with Crippen molar-refractivity contribution in [2.75, 3.05) is 27.2 Å². The number of aryl methyl sites for hydroxylation is 2. The van der Waals surface area contributed by atoms with E-state index in [9.17, 15) is 9.59 Å². The van der Waals surface area contributed by atoms with E-state index in [2.05, 4.69) is 4.98 Å². The van der Waals surface area contributed by atoms with E-state index in [0.717, 1.165) is 24.0 Å². The third kappa shape index (κ3) is 4.21. The number of piperidine rings is 1. The molecule has 1 aliphatic heterocycles. The van der Waals surface area contributed by atoms with Crippen LogP contribution in [0.1, 0.15) is 52.0 Å². The van der Waals surface area contributed by atoms with Crippen molar-refractivity contribution in [3.8, 4) is 0 Å². The molecule has 2 aromatic rings. The van der Waals surface area contributed by atoms with Gasteiger partial charge in [0.05, 0.1) is 6.42 Å². The monoisotopic (exact) mass is 369 g/mol. The summed E-state index contributed by atoms with van der Waals surface area (Å²) < 4.78 is 5.77. The maximum atomic E-state index is 12.6. The highest BCUT2D eigenvalue weighted by atomic mass is 16.4. The lowest BCUT2D eigenvalue weighted by Crippen LogP contribution is -2.39. The molecule has 1 aliphatic rings. The zero-order chi connectivity index (χ0) is 19.6. The fourth-order valence-electron chi connectivity index (χ4n) is 3.46. The van der Waals surface area contributed by atoms with E-state index in [1.807, 2.05) is 36.1 Å². The molecule has 0 radical (unpaired) electrons. The van der Waals surface area contributed by atoms with Crippen molar-refractivity contribution >= 4 is 11.8 Å². The number of hydrogen-bond acceptors (Lipinski definition) is 4. The van der Waals surface area contributed by atoms with Crippen LogP contribution in [0.3, 0.4) is 0 Å². The molecule has 0 unspecified atom stereocenters. The molecule has 0 saturated carbocycles. The fourth-order valence-corrected chi connectivity index (χ4v) is 3.46. The van der Waals surface area contributed by atoms with Crippen LogP contribution in [-0.4, -0.2) is 53.8 Å². The minimum atomic E-state index is -0.145. The molecule has 3 rings (SSSR count). The van der Waals surface area contributed by atoms with Crippen LogP contribution >= 0.6 is 0 Å². The second kappa shape index (κ2) is 7.94. The summed E-state index contributed by atoms with van der Waals surface area (Å²) in [6.07, 6.45) is 2.04. The summed E-state index contributed by atoms with van der Waals surface area (Å²) in [6, 6.07) is 8.01. The number of amides is 2. The average Bonchev–Trinajstić information content (AvgIpc) is 3.04. The number of oxazole rings is 1. The third-order valence-electron chi connectivity index (χ3n) is 5.22. The standard InChI is InChI=1S/C21H27N3O3/c1-14-7-5-6-8-17(14)13-18(25)24-11-9-16(10-12-24)20-22-19(15(2)27-20)21(26)23(3)4/h5-8,16H,9-13H2,1-4H3. The maximum Gasteiger partial charge on any atom is 0.275 e. The fraction of sp³-hybridized carbons (Fsp3) is 0.476. The summed E-state index contributed by atoms with van der Waals surface area (Å²) >= 11 is 0. The summed E-state index contributed by atoms with van der Waals surface area (Å²) in [5.74, 6) is 1.34. The normalized spacial score (nSPS) is 15.0. The molecule has 0 N–H and O–H groups in total. The van der Waals surface area contributed by atoms with Gasteiger partial charge in [-0.05, 0) is 37.8 Å². The van der Waals surface area contributed by atoms with Gasteiger partial charge >= 0.3 is 0 Å². The zero-order valence-corrected chi connectivity index (χ0v) is 16.5. The molecule has 1 fully saturated rings. The molecule has 2 amide bonds. The maximum absolute atomic E-state index is 12.6. The van der Waals surface area contributed by atoms with Crippen molar-refractivity contribution in [3.63, 3.8) is 0 Å². The first-order valence-corrected chi connectivity index (χ1v) is 9.38. The summed E-state index contributed by atoms with van der Waals surface area (Å²) in [4.78, 5) is 32.6. The number of rotatable bonds is 4. The van der Waals surface area contributed by atoms with Crippen molar-refractivity contribution in [3.05, 3.63) is 52.7 Å². The highest BCUT2D eigenvalue weighted by Gasteiger charge is 2.29. The van der Waals surface area contributed by atoms with E-state index in [1.165, 1.54) is 4.90 Å². The van der Waals surface area contributed by atoms with Crippen LogP contribution in [-0.2, 0) is 11.2 Å². The Morgan fingerprint density at radius 1 is 1.19 bits per heavy atom. The van der Waals surface area contributed by atoms with Crippen molar-refractivity contribution < 1.29 is 14.0 Å². The Balaban J connectivity index is 1.60. The molecule has 1 aromatic carbocycles. The van der Waals surface area contributed by atoms with E-state index < -0.39 is 0 Å². The summed E-state index contributed by atoms with van der Waals surface area (Å²) in [5, 5.41) is 0. The molecule has 0 spiro atoms. The number of carbonyl (C=O) groups excluding carboxylic acids is 2. The zero-order valence-electron chi connectivity index (χ0n) is 16.5. The van der Waals surface area contributed by atoms with Crippen LogP contribution in [0.5, 0.6) is 0 Å². The molecular formula is C21H27N3O3. The second-order valence-corrected chi connectivity index (χ2v) is 7.41. The Labute approximate surface area is 160 Å². The molecule has 27 heavy (non-hydrogen) atoms. The van der Waals surface area contributed by atoms with Gasteiger partial charge in [-0.25, -0.2) is 4.98 Å². The highest BCUT2D eigenvalue weighted by molar-refractivity contribution is 5.92. The van der Waals surface area contributed by atoms with Gasteiger partial charge in [-0.1, -0.05) is 24.3 Å². The van der Waals surface area contributed by atoms with Gasteiger partial charge in [-0.15, -0.1) is 0 Å². The molecule has 6 heteroatoms. The van der Waals surface area contributed by atoms with Crippen LogP contribution in [0, 0.1) is 13.8 Å². The summed E-state index contributed by atoms with van der Waals surface area (Å²) in [6.45, 7) is 5.18. The molecule has 0 atom stereocenters. The van der Waals surface area contributed by atoms with Crippen LogP contribution in [0.2, 0.25) is 0 Å². The average molecular weight is 369 g/mol. The minimum Gasteiger partial charge on any atom is -0.445 e. The van der Waals surface area contributed by atoms with E-state index in [-0.39, 0.29) is 17.7 Å². The largest absolute Gasteiger partial charge is 0.445 e. The van der Waals surface area contributed by atoms with Crippen molar-refractivity contribution in [2.45, 2.75) is 39.0 Å². The van der Waals surface area contributed by atoms with Gasteiger partial charge in [0.2, 0.25) is 5.91 Å². The SMILES string of the molecule is Cc1ccccc1CC(=O)N1CCC(c2nc(C(=O)N(C)C)c(C)o2)CC1. The van der Waals surface area contributed by atoms with Crippen LogP contribution < -0.4 is 0 Å². The van der Waals surface area contributed by atoms with Gasteiger partial charge < -0.3 is 14.2 Å². The molecule has 1 aromatic heterocycles. The Morgan fingerprint density at radius 3 is 2.48 bits per heavy atom. The van der Waals surface area contributed by atoms with Gasteiger partial charge in [-0.2, -0.15) is 0 Å². The smallest absolute Gasteiger partial charge is 0.275 e. The summed E-state index contributed by atoms with van der Waals surface area (Å²) in [7, 11) is 3.41. The number of likely N-dealkylation sites (tertiary alicyclic amines) is 1. The first kappa shape index (κ1) is 19.1. The number of benzene rings is 1. The third-order valence-corrected chi connectivity index (χ3v) is 5.22. The van der Waals surface area contributed by atoms with E-state index in [4.69, 9.17) is 4.42 Å². The van der Waals surface area contributed by atoms with Crippen LogP contribution in [0.15, 0.2) is 28.7 Å². The Morgan fingerprint density at radius 2 is 1.85 bits per heavy atom. The lowest BCUT2D eigenvalue weighted by atomic mass is 9.96. The lowest BCUT2D eigenvalue weighted by molar-refractivity contribution is -0.131. The van der Waals surface area contributed by atoms with Gasteiger partial charge in [0.25, 0.3) is 5.91 Å². The first-order chi connectivity index (χ1) is 12.9. The van der Waals surface area contributed by atoms with Crippen LogP contribution in [0.25, 0.3) is 0 Å². The first-order valence-electron chi connectivity index (χ1n) is 9.38. The lowest BCUT2D eigenvalue weighted by Gasteiger charge is -2.31. The van der Waals surface area contributed by atoms with Gasteiger partial charge in [0, 0.05) is 33.1 Å². The molecule has 2 heterocycles. The van der Waals surface area contributed by atoms with Crippen LogP contribution in [0.4, 0.5) is 0 Å². The predicted molar refractivity (Wildman–Crippen MR) is 103 cm³/mol. The molecule has 0 aliphatic carbocycles. The number of carbonyl (C=O) groups is 2. The van der Waals surface area contributed by atoms with E-state index >= 15 is 0 Å². The van der Waals surface area contributed by atoms with Crippen molar-refractivity contribution in [2.24, 2.45) is 0 Å². The number of nitrogens with zero attached hydrogens (tertiary/aromatic N) is 3. The topological polar surface area (TPSA) is 66.7 Å². The minimum absolute atomic E-state index is 0.145. The molecule has 144 valence electrons. The molecule has 1 saturated heterocycles. The van der Waals surface area contributed by atoms with E-state index in [1.54, 1.807) is 21.0 Å². The number of aromatic nitrogens is 1. The quantitative estimate of drug-likeness (QED) is 0.831. The molecular weight excluding hydrogens is 342 g/mol. The highest BCUT2D eigenvalue weighted by Crippen LogP contribution is 2.29. The Hall–Kier alpha value is -2.63. The Kier molecular flexibility index (Phi) is 5.63.